The fourth-order valence-electron chi connectivity index (χ4n) is 1.72. The molecule has 0 bridgehead atoms. The largest absolute Gasteiger partial charge is 0.399 e. The van der Waals surface area contributed by atoms with Gasteiger partial charge in [0.2, 0.25) is 0 Å². The molecule has 2 aromatic rings. The summed E-state index contributed by atoms with van der Waals surface area (Å²) in [6, 6.07) is 8.02. The van der Waals surface area contributed by atoms with E-state index in [1.165, 1.54) is 0 Å². The van der Waals surface area contributed by atoms with Gasteiger partial charge in [-0.05, 0) is 24.6 Å². The Morgan fingerprint density at radius 2 is 2.00 bits per heavy atom. The zero-order valence-electron chi connectivity index (χ0n) is 10.1. The second-order valence-electron chi connectivity index (χ2n) is 4.14. The predicted octanol–water partition coefficient (Wildman–Crippen LogP) is 2.34. The van der Waals surface area contributed by atoms with Gasteiger partial charge in [0.15, 0.2) is 0 Å². The number of aromatic nitrogens is 2. The van der Waals surface area contributed by atoms with Gasteiger partial charge in [-0.15, -0.1) is 0 Å². The molecule has 0 amide bonds. The van der Waals surface area contributed by atoms with E-state index in [1.807, 2.05) is 41.3 Å². The van der Waals surface area contributed by atoms with Crippen LogP contribution in [-0.4, -0.2) is 23.5 Å². The highest BCUT2D eigenvalue weighted by atomic mass is 16.5. The summed E-state index contributed by atoms with van der Waals surface area (Å²) in [5.41, 5.74) is 8.64. The van der Waals surface area contributed by atoms with E-state index in [0.717, 1.165) is 16.8 Å². The van der Waals surface area contributed by atoms with Gasteiger partial charge in [0.1, 0.15) is 0 Å². The Bertz CT molecular complexity index is 476. The van der Waals surface area contributed by atoms with Crippen molar-refractivity contribution in [3.8, 4) is 11.1 Å². The van der Waals surface area contributed by atoms with Gasteiger partial charge < -0.3 is 10.5 Å². The van der Waals surface area contributed by atoms with Crippen molar-refractivity contribution >= 4 is 5.69 Å². The monoisotopic (exact) mass is 231 g/mol. The summed E-state index contributed by atoms with van der Waals surface area (Å²) in [5.74, 6) is 0. The molecule has 0 aliphatic carbocycles. The van der Waals surface area contributed by atoms with E-state index in [0.29, 0.717) is 6.61 Å². The van der Waals surface area contributed by atoms with Crippen LogP contribution in [0.5, 0.6) is 0 Å². The summed E-state index contributed by atoms with van der Waals surface area (Å²) in [7, 11) is 1.70. The molecule has 1 aromatic carbocycles. The van der Waals surface area contributed by atoms with Crippen molar-refractivity contribution in [2.75, 3.05) is 19.5 Å². The van der Waals surface area contributed by atoms with Gasteiger partial charge in [-0.2, -0.15) is 5.10 Å². The number of nitrogens with two attached hydrogens (primary N) is 1. The second-order valence-corrected chi connectivity index (χ2v) is 4.14. The molecule has 17 heavy (non-hydrogen) atoms. The molecule has 1 aromatic heterocycles. The fraction of sp³-hybridized carbons (Fsp3) is 0.308. The highest BCUT2D eigenvalue weighted by molar-refractivity contribution is 5.63. The average Bonchev–Trinajstić information content (AvgIpc) is 2.80. The zero-order valence-corrected chi connectivity index (χ0v) is 10.1. The van der Waals surface area contributed by atoms with Crippen LogP contribution in [-0.2, 0) is 4.74 Å². The lowest BCUT2D eigenvalue weighted by Crippen LogP contribution is -2.11. The molecule has 2 rings (SSSR count). The Morgan fingerprint density at radius 3 is 2.65 bits per heavy atom. The molecule has 2 N–H and O–H groups in total. The lowest BCUT2D eigenvalue weighted by atomic mass is 10.1. The van der Waals surface area contributed by atoms with Gasteiger partial charge in [0, 0.05) is 24.6 Å². The smallest absolute Gasteiger partial charge is 0.0724 e. The number of nitrogen functional groups attached to an aromatic ring is 1. The van der Waals surface area contributed by atoms with Gasteiger partial charge >= 0.3 is 0 Å². The van der Waals surface area contributed by atoms with Crippen LogP contribution in [0, 0.1) is 0 Å². The molecule has 1 atom stereocenters. The molecule has 90 valence electrons. The van der Waals surface area contributed by atoms with Crippen LogP contribution < -0.4 is 5.73 Å². The first-order chi connectivity index (χ1) is 8.20. The first-order valence-corrected chi connectivity index (χ1v) is 5.59. The molecule has 0 saturated heterocycles. The van der Waals surface area contributed by atoms with E-state index in [4.69, 9.17) is 10.5 Å². The first kappa shape index (κ1) is 11.7. The minimum absolute atomic E-state index is 0.238. The third-order valence-corrected chi connectivity index (χ3v) is 2.70. The van der Waals surface area contributed by atoms with Crippen LogP contribution in [0.25, 0.3) is 11.1 Å². The molecule has 0 fully saturated rings. The van der Waals surface area contributed by atoms with Crippen molar-refractivity contribution in [2.45, 2.75) is 13.0 Å². The number of anilines is 1. The van der Waals surface area contributed by atoms with Gasteiger partial charge in [0.25, 0.3) is 0 Å². The zero-order chi connectivity index (χ0) is 12.3. The standard InChI is InChI=1S/C13H17N3O/c1-10(9-17-2)16-8-12(7-15-16)11-3-5-13(14)6-4-11/h3-8,10H,9,14H2,1-2H3. The Balaban J connectivity index is 2.20. The number of hydrogen-bond donors (Lipinski definition) is 1. The van der Waals surface area contributed by atoms with E-state index in [-0.39, 0.29) is 6.04 Å². The van der Waals surface area contributed by atoms with Crippen molar-refractivity contribution in [1.29, 1.82) is 0 Å². The Morgan fingerprint density at radius 1 is 1.29 bits per heavy atom. The van der Waals surface area contributed by atoms with E-state index >= 15 is 0 Å². The molecule has 0 aliphatic rings. The normalized spacial score (nSPS) is 12.6. The van der Waals surface area contributed by atoms with Crippen LogP contribution >= 0.6 is 0 Å². The van der Waals surface area contributed by atoms with E-state index in [1.54, 1.807) is 7.11 Å². The number of methoxy groups -OCH3 is 1. The molecule has 1 heterocycles. The SMILES string of the molecule is COCC(C)n1cc(-c2ccc(N)cc2)cn1. The van der Waals surface area contributed by atoms with Gasteiger partial charge in [-0.1, -0.05) is 12.1 Å². The number of nitrogens with zero attached hydrogens (tertiary/aromatic N) is 2. The average molecular weight is 231 g/mol. The quantitative estimate of drug-likeness (QED) is 0.822. The van der Waals surface area contributed by atoms with Crippen molar-refractivity contribution in [2.24, 2.45) is 0 Å². The number of benzene rings is 1. The molecule has 1 unspecified atom stereocenters. The highest BCUT2D eigenvalue weighted by Gasteiger charge is 2.07. The minimum Gasteiger partial charge on any atom is -0.399 e. The first-order valence-electron chi connectivity index (χ1n) is 5.59. The molecular weight excluding hydrogens is 214 g/mol. The Labute approximate surface area is 101 Å². The summed E-state index contributed by atoms with van der Waals surface area (Å²) in [6.45, 7) is 2.73. The molecule has 0 aliphatic heterocycles. The summed E-state index contributed by atoms with van der Waals surface area (Å²) in [4.78, 5) is 0. The molecule has 0 saturated carbocycles. The highest BCUT2D eigenvalue weighted by Crippen LogP contribution is 2.21. The van der Waals surface area contributed by atoms with Crippen molar-refractivity contribution in [3.05, 3.63) is 36.7 Å². The van der Waals surface area contributed by atoms with E-state index in [2.05, 4.69) is 12.0 Å². The lowest BCUT2D eigenvalue weighted by Gasteiger charge is -2.09. The van der Waals surface area contributed by atoms with Crippen LogP contribution in [0.15, 0.2) is 36.7 Å². The van der Waals surface area contributed by atoms with Crippen molar-refractivity contribution in [3.63, 3.8) is 0 Å². The maximum absolute atomic E-state index is 5.66. The van der Waals surface area contributed by atoms with Gasteiger partial charge in [-0.25, -0.2) is 0 Å². The van der Waals surface area contributed by atoms with Gasteiger partial charge in [0.05, 0.1) is 18.8 Å². The second kappa shape index (κ2) is 5.01. The number of hydrogen-bond acceptors (Lipinski definition) is 3. The predicted molar refractivity (Wildman–Crippen MR) is 68.7 cm³/mol. The third-order valence-electron chi connectivity index (χ3n) is 2.70. The maximum atomic E-state index is 5.66. The summed E-state index contributed by atoms with van der Waals surface area (Å²) < 4.78 is 7.02. The molecular formula is C13H17N3O. The van der Waals surface area contributed by atoms with Crippen LogP contribution in [0.1, 0.15) is 13.0 Å². The molecule has 4 heteroatoms. The summed E-state index contributed by atoms with van der Waals surface area (Å²) in [5, 5.41) is 4.34. The third kappa shape index (κ3) is 2.65. The number of rotatable bonds is 4. The lowest BCUT2D eigenvalue weighted by molar-refractivity contribution is 0.157. The van der Waals surface area contributed by atoms with Crippen molar-refractivity contribution in [1.82, 2.24) is 9.78 Å². The Hall–Kier alpha value is -1.81. The fourth-order valence-corrected chi connectivity index (χ4v) is 1.72. The van der Waals surface area contributed by atoms with Crippen molar-refractivity contribution < 1.29 is 4.74 Å². The summed E-state index contributed by atoms with van der Waals surface area (Å²) in [6.07, 6.45) is 3.88. The molecule has 0 radical (unpaired) electrons. The molecule has 4 nitrogen and oxygen atoms in total. The van der Waals surface area contributed by atoms with Gasteiger partial charge in [-0.3, -0.25) is 4.68 Å². The maximum Gasteiger partial charge on any atom is 0.0724 e. The summed E-state index contributed by atoms with van der Waals surface area (Å²) >= 11 is 0. The van der Waals surface area contributed by atoms with Crippen LogP contribution in [0.3, 0.4) is 0 Å². The minimum atomic E-state index is 0.238. The van der Waals surface area contributed by atoms with E-state index < -0.39 is 0 Å². The topological polar surface area (TPSA) is 53.1 Å². The Kier molecular flexibility index (Phi) is 3.44. The number of ether oxygens (including phenoxy) is 1. The molecule has 0 spiro atoms. The van der Waals surface area contributed by atoms with Crippen LogP contribution in [0.4, 0.5) is 5.69 Å². The van der Waals surface area contributed by atoms with E-state index in [9.17, 15) is 0 Å². The van der Waals surface area contributed by atoms with Crippen LogP contribution in [0.2, 0.25) is 0 Å².